The van der Waals surface area contributed by atoms with E-state index in [-0.39, 0.29) is 29.6 Å². The number of aliphatic hydroxyl groups excluding tert-OH is 1. The van der Waals surface area contributed by atoms with Crippen molar-refractivity contribution in [1.82, 2.24) is 19.1 Å². The number of carbonyl (C=O) groups is 1. The van der Waals surface area contributed by atoms with Crippen LogP contribution in [-0.2, 0) is 31.4 Å². The van der Waals surface area contributed by atoms with E-state index in [2.05, 4.69) is 47.2 Å². The molecule has 2 aliphatic rings. The third-order valence-corrected chi connectivity index (χ3v) is 9.12. The molecule has 0 spiro atoms. The van der Waals surface area contributed by atoms with E-state index < -0.39 is 0 Å². The first-order valence-corrected chi connectivity index (χ1v) is 15.4. The highest BCUT2D eigenvalue weighted by molar-refractivity contribution is 6.06. The molecule has 0 bridgehead atoms. The predicted octanol–water partition coefficient (Wildman–Crippen LogP) is 4.35. The van der Waals surface area contributed by atoms with Gasteiger partial charge in [-0.3, -0.25) is 14.5 Å². The van der Waals surface area contributed by atoms with Gasteiger partial charge in [-0.2, -0.15) is 0 Å². The maximum absolute atomic E-state index is 13.8. The normalized spacial score (nSPS) is 15.3. The van der Waals surface area contributed by atoms with E-state index in [1.165, 1.54) is 4.57 Å². The molecule has 236 valence electrons. The maximum atomic E-state index is 13.8. The number of carbonyl (C=O) groups excluding carboxylic acids is 1. The van der Waals surface area contributed by atoms with E-state index in [9.17, 15) is 14.7 Å². The van der Waals surface area contributed by atoms with Crippen molar-refractivity contribution in [1.29, 1.82) is 0 Å². The van der Waals surface area contributed by atoms with E-state index in [1.54, 1.807) is 49.8 Å². The summed E-state index contributed by atoms with van der Waals surface area (Å²) in [7, 11) is 3.40. The van der Waals surface area contributed by atoms with E-state index in [1.807, 2.05) is 22.8 Å². The van der Waals surface area contributed by atoms with Gasteiger partial charge >= 0.3 is 0 Å². The molecule has 1 amide bonds. The molecule has 6 heterocycles. The zero-order valence-corrected chi connectivity index (χ0v) is 26.6. The summed E-state index contributed by atoms with van der Waals surface area (Å²) in [4.78, 5) is 39.8. The first kappa shape index (κ1) is 30.5. The molecular weight excluding hydrogens is 570 g/mol. The van der Waals surface area contributed by atoms with Crippen molar-refractivity contribution in [3.8, 4) is 11.1 Å². The molecule has 4 aromatic heterocycles. The van der Waals surface area contributed by atoms with Gasteiger partial charge in [0.1, 0.15) is 23.0 Å². The number of methoxy groups -OCH3 is 1. The number of aryl methyl sites for hydroxylation is 1. The van der Waals surface area contributed by atoms with Gasteiger partial charge in [0.25, 0.3) is 11.5 Å². The van der Waals surface area contributed by atoms with Gasteiger partial charge in [-0.05, 0) is 53.3 Å². The molecule has 0 aliphatic carbocycles. The van der Waals surface area contributed by atoms with Crippen LogP contribution in [-0.4, -0.2) is 63.0 Å². The Hall–Kier alpha value is -4.48. The number of hydrogen-bond donors (Lipinski definition) is 2. The highest BCUT2D eigenvalue weighted by Crippen LogP contribution is 2.34. The molecule has 11 heteroatoms. The van der Waals surface area contributed by atoms with Crippen molar-refractivity contribution in [3.63, 3.8) is 0 Å². The van der Waals surface area contributed by atoms with Gasteiger partial charge in [0.15, 0.2) is 0 Å². The van der Waals surface area contributed by atoms with Crippen LogP contribution in [0.2, 0.25) is 0 Å². The zero-order valence-electron chi connectivity index (χ0n) is 26.6. The molecule has 0 radical (unpaired) electrons. The van der Waals surface area contributed by atoms with Crippen molar-refractivity contribution in [3.05, 3.63) is 82.3 Å². The first-order valence-electron chi connectivity index (χ1n) is 15.4. The standard InChI is InChI=1S/C34H41N7O4/c1-6-34(2,3)15-22-13-29-33(44)41(12-11-39(29)17-22)31-27(21-42)26(9-10-35-31)23-14-28(32(43)38(4)18-23)37-30-8-7-24(16-36-30)40-19-25(20-40)45-5/h7-10,13-14,16-18,25,42H,6,11-12,15,19-21H2,1-5H3,(H,36,37). The minimum absolute atomic E-state index is 0.144. The van der Waals surface area contributed by atoms with Crippen LogP contribution in [0, 0.1) is 5.41 Å². The van der Waals surface area contributed by atoms with E-state index in [0.29, 0.717) is 52.8 Å². The monoisotopic (exact) mass is 611 g/mol. The lowest BCUT2D eigenvalue weighted by Gasteiger charge is -2.39. The lowest BCUT2D eigenvalue weighted by atomic mass is 9.84. The van der Waals surface area contributed by atoms with Crippen LogP contribution in [0.4, 0.5) is 23.0 Å². The lowest BCUT2D eigenvalue weighted by Crippen LogP contribution is -2.51. The second-order valence-electron chi connectivity index (χ2n) is 12.7. The molecular formula is C34H41N7O4. The summed E-state index contributed by atoms with van der Waals surface area (Å²) in [6.07, 6.45) is 9.41. The van der Waals surface area contributed by atoms with Crippen LogP contribution in [0.1, 0.15) is 48.8 Å². The maximum Gasteiger partial charge on any atom is 0.276 e. The summed E-state index contributed by atoms with van der Waals surface area (Å²) in [6.45, 7) is 9.04. The fraction of sp³-hybridized carbons (Fsp3) is 0.412. The number of ether oxygens (including phenoxy) is 1. The quantitative estimate of drug-likeness (QED) is 0.272. The average Bonchev–Trinajstić information content (AvgIpc) is 3.42. The van der Waals surface area contributed by atoms with Crippen LogP contribution in [0.15, 0.2) is 59.9 Å². The number of amides is 1. The molecule has 0 saturated carbocycles. The summed E-state index contributed by atoms with van der Waals surface area (Å²) in [5.41, 5.74) is 4.94. The number of rotatable bonds is 10. The minimum Gasteiger partial charge on any atom is -0.392 e. The van der Waals surface area contributed by atoms with Crippen LogP contribution < -0.4 is 20.7 Å². The van der Waals surface area contributed by atoms with Gasteiger partial charge in [-0.1, -0.05) is 27.2 Å². The Balaban J connectivity index is 1.27. The number of pyridine rings is 3. The third-order valence-electron chi connectivity index (χ3n) is 9.12. The smallest absolute Gasteiger partial charge is 0.276 e. The Labute approximate surface area is 263 Å². The molecule has 1 fully saturated rings. The highest BCUT2D eigenvalue weighted by Gasteiger charge is 2.31. The van der Waals surface area contributed by atoms with E-state index >= 15 is 0 Å². The van der Waals surface area contributed by atoms with Crippen molar-refractivity contribution in [2.75, 3.05) is 41.9 Å². The summed E-state index contributed by atoms with van der Waals surface area (Å²) >= 11 is 0. The molecule has 4 aromatic rings. The SMILES string of the molecule is CCC(C)(C)Cc1cc2n(c1)CCN(c1nccc(-c3cc(Nc4ccc(N5CC(OC)C5)cn4)c(=O)n(C)c3)c1CO)C2=O. The van der Waals surface area contributed by atoms with Gasteiger partial charge in [-0.25, -0.2) is 9.97 Å². The molecule has 1 saturated heterocycles. The van der Waals surface area contributed by atoms with Gasteiger partial charge in [-0.15, -0.1) is 0 Å². The highest BCUT2D eigenvalue weighted by atomic mass is 16.5. The number of aliphatic hydroxyl groups is 1. The van der Waals surface area contributed by atoms with Crippen molar-refractivity contribution in [2.24, 2.45) is 12.5 Å². The first-order chi connectivity index (χ1) is 21.6. The van der Waals surface area contributed by atoms with Gasteiger partial charge in [0, 0.05) is 70.1 Å². The summed E-state index contributed by atoms with van der Waals surface area (Å²) in [6, 6.07) is 9.35. The summed E-state index contributed by atoms with van der Waals surface area (Å²) < 4.78 is 8.88. The van der Waals surface area contributed by atoms with Crippen LogP contribution in [0.3, 0.4) is 0 Å². The van der Waals surface area contributed by atoms with Crippen molar-refractivity contribution in [2.45, 2.75) is 52.9 Å². The summed E-state index contributed by atoms with van der Waals surface area (Å²) in [5.74, 6) is 0.817. The fourth-order valence-electron chi connectivity index (χ4n) is 6.03. The van der Waals surface area contributed by atoms with Gasteiger partial charge in [0.05, 0.1) is 24.6 Å². The Morgan fingerprint density at radius 2 is 1.89 bits per heavy atom. The molecule has 6 rings (SSSR count). The average molecular weight is 612 g/mol. The van der Waals surface area contributed by atoms with Crippen LogP contribution in [0.25, 0.3) is 11.1 Å². The third kappa shape index (κ3) is 5.97. The topological polar surface area (TPSA) is 118 Å². The molecule has 2 aliphatic heterocycles. The minimum atomic E-state index is -0.325. The molecule has 0 unspecified atom stereocenters. The number of fused-ring (bicyclic) bond motifs is 1. The molecule has 2 N–H and O–H groups in total. The Morgan fingerprint density at radius 1 is 1.09 bits per heavy atom. The number of aromatic nitrogens is 4. The summed E-state index contributed by atoms with van der Waals surface area (Å²) in [5, 5.41) is 13.8. The predicted molar refractivity (Wildman–Crippen MR) is 175 cm³/mol. The number of anilines is 4. The zero-order chi connectivity index (χ0) is 31.9. The fourth-order valence-corrected chi connectivity index (χ4v) is 6.03. The number of nitrogens with one attached hydrogen (secondary N) is 1. The number of hydrogen-bond acceptors (Lipinski definition) is 8. The lowest BCUT2D eigenvalue weighted by molar-refractivity contribution is 0.0787. The Bertz CT molecular complexity index is 1770. The molecule has 0 atom stereocenters. The molecule has 0 aromatic carbocycles. The van der Waals surface area contributed by atoms with Crippen molar-refractivity contribution < 1.29 is 14.6 Å². The van der Waals surface area contributed by atoms with E-state index in [0.717, 1.165) is 37.2 Å². The van der Waals surface area contributed by atoms with E-state index in [4.69, 9.17) is 4.74 Å². The second-order valence-corrected chi connectivity index (χ2v) is 12.7. The largest absolute Gasteiger partial charge is 0.392 e. The molecule has 45 heavy (non-hydrogen) atoms. The number of nitrogens with zero attached hydrogens (tertiary/aromatic N) is 6. The Morgan fingerprint density at radius 3 is 2.58 bits per heavy atom. The van der Waals surface area contributed by atoms with Crippen LogP contribution >= 0.6 is 0 Å². The Kier molecular flexibility index (Phi) is 8.23. The van der Waals surface area contributed by atoms with Gasteiger partial charge < -0.3 is 29.2 Å². The second kappa shape index (κ2) is 12.1. The van der Waals surface area contributed by atoms with Crippen LogP contribution in [0.5, 0.6) is 0 Å². The molecule has 11 nitrogen and oxygen atoms in total. The van der Waals surface area contributed by atoms with Gasteiger partial charge in [0.2, 0.25) is 0 Å². The van der Waals surface area contributed by atoms with Crippen molar-refractivity contribution >= 4 is 28.9 Å².